The van der Waals surface area contributed by atoms with Gasteiger partial charge < -0.3 is 9.64 Å². The lowest BCUT2D eigenvalue weighted by atomic mass is 10.1. The molecule has 8 heteroatoms. The Kier molecular flexibility index (Phi) is 5.51. The van der Waals surface area contributed by atoms with E-state index in [4.69, 9.17) is 4.74 Å². The highest BCUT2D eigenvalue weighted by molar-refractivity contribution is 5.98. The topological polar surface area (TPSA) is 76.4 Å². The molecule has 1 aromatic heterocycles. The van der Waals surface area contributed by atoms with Crippen LogP contribution in [0.2, 0.25) is 0 Å². The zero-order chi connectivity index (χ0) is 21.9. The first kappa shape index (κ1) is 20.1. The van der Waals surface area contributed by atoms with E-state index in [1.165, 1.54) is 0 Å². The molecule has 0 bridgehead atoms. The number of piperazine rings is 1. The molecule has 1 amide bonds. The summed E-state index contributed by atoms with van der Waals surface area (Å²) in [4.78, 5) is 17.2. The summed E-state index contributed by atoms with van der Waals surface area (Å²) in [5, 5.41) is 14.4. The summed E-state index contributed by atoms with van der Waals surface area (Å²) in [5.41, 5.74) is 1.62. The van der Waals surface area contributed by atoms with Crippen LogP contribution in [0.15, 0.2) is 66.7 Å². The van der Waals surface area contributed by atoms with Crippen LogP contribution in [0, 0.1) is 0 Å². The first-order chi connectivity index (χ1) is 15.7. The van der Waals surface area contributed by atoms with Crippen molar-refractivity contribution in [2.45, 2.75) is 6.54 Å². The van der Waals surface area contributed by atoms with E-state index >= 15 is 0 Å². The van der Waals surface area contributed by atoms with Gasteiger partial charge in [0.2, 0.25) is 0 Å². The molecule has 0 aliphatic carbocycles. The lowest BCUT2D eigenvalue weighted by molar-refractivity contribution is 0.0624. The van der Waals surface area contributed by atoms with E-state index in [1.807, 2.05) is 65.6 Å². The standard InChI is InChI=1S/C24H24N6O2/c1-32-22-10-8-21(9-11-22)30-23(25-26-27-30)17-28-12-14-29(15-13-28)24(31)20-7-6-18-4-2-3-5-19(18)16-20/h2-11,16H,12-15,17H2,1H3. The molecule has 2 heterocycles. The minimum Gasteiger partial charge on any atom is -0.497 e. The number of amides is 1. The highest BCUT2D eigenvalue weighted by Gasteiger charge is 2.24. The van der Waals surface area contributed by atoms with Gasteiger partial charge in [-0.05, 0) is 57.6 Å². The van der Waals surface area contributed by atoms with Gasteiger partial charge in [0.15, 0.2) is 5.82 Å². The number of hydrogen-bond donors (Lipinski definition) is 0. The van der Waals surface area contributed by atoms with Gasteiger partial charge in [-0.1, -0.05) is 30.3 Å². The van der Waals surface area contributed by atoms with E-state index < -0.39 is 0 Å². The smallest absolute Gasteiger partial charge is 0.253 e. The van der Waals surface area contributed by atoms with Crippen molar-refractivity contribution in [3.8, 4) is 11.4 Å². The highest BCUT2D eigenvalue weighted by Crippen LogP contribution is 2.19. The van der Waals surface area contributed by atoms with E-state index in [0.717, 1.165) is 46.7 Å². The minimum absolute atomic E-state index is 0.0819. The fourth-order valence-electron chi connectivity index (χ4n) is 4.04. The Morgan fingerprint density at radius 3 is 2.44 bits per heavy atom. The number of carbonyl (C=O) groups excluding carboxylic acids is 1. The molecule has 0 radical (unpaired) electrons. The van der Waals surface area contributed by atoms with E-state index in [0.29, 0.717) is 19.6 Å². The molecule has 0 spiro atoms. The number of nitrogens with zero attached hydrogens (tertiary/aromatic N) is 6. The van der Waals surface area contributed by atoms with Gasteiger partial charge in [0.25, 0.3) is 5.91 Å². The van der Waals surface area contributed by atoms with Crippen molar-refractivity contribution in [1.82, 2.24) is 30.0 Å². The molecule has 162 valence electrons. The Hall–Kier alpha value is -3.78. The Bertz CT molecular complexity index is 1230. The molecule has 1 fully saturated rings. The molecule has 5 rings (SSSR count). The number of rotatable bonds is 5. The molecule has 1 aliphatic rings. The van der Waals surface area contributed by atoms with E-state index in [1.54, 1.807) is 11.8 Å². The second-order valence-electron chi connectivity index (χ2n) is 7.84. The van der Waals surface area contributed by atoms with E-state index in [9.17, 15) is 4.79 Å². The molecule has 0 saturated carbocycles. The second kappa shape index (κ2) is 8.76. The number of carbonyl (C=O) groups is 1. The van der Waals surface area contributed by atoms with Gasteiger partial charge >= 0.3 is 0 Å². The van der Waals surface area contributed by atoms with Crippen LogP contribution >= 0.6 is 0 Å². The summed E-state index contributed by atoms with van der Waals surface area (Å²) in [6.45, 7) is 3.52. The van der Waals surface area contributed by atoms with Crippen molar-refractivity contribution in [1.29, 1.82) is 0 Å². The maximum atomic E-state index is 13.0. The van der Waals surface area contributed by atoms with Crippen molar-refractivity contribution in [2.75, 3.05) is 33.3 Å². The van der Waals surface area contributed by atoms with Gasteiger partial charge in [-0.2, -0.15) is 4.68 Å². The van der Waals surface area contributed by atoms with Crippen LogP contribution in [0.5, 0.6) is 5.75 Å². The predicted molar refractivity (Wildman–Crippen MR) is 121 cm³/mol. The van der Waals surface area contributed by atoms with Gasteiger partial charge in [-0.25, -0.2) is 0 Å². The lowest BCUT2D eigenvalue weighted by Crippen LogP contribution is -2.48. The van der Waals surface area contributed by atoms with Gasteiger partial charge in [-0.3, -0.25) is 9.69 Å². The van der Waals surface area contributed by atoms with Crippen molar-refractivity contribution in [2.24, 2.45) is 0 Å². The summed E-state index contributed by atoms with van der Waals surface area (Å²) >= 11 is 0. The first-order valence-corrected chi connectivity index (χ1v) is 10.6. The normalized spacial score (nSPS) is 14.6. The molecule has 3 aromatic carbocycles. The largest absolute Gasteiger partial charge is 0.497 e. The number of tetrazole rings is 1. The third-order valence-electron chi connectivity index (χ3n) is 5.87. The van der Waals surface area contributed by atoms with E-state index in [-0.39, 0.29) is 5.91 Å². The third-order valence-corrected chi connectivity index (χ3v) is 5.87. The van der Waals surface area contributed by atoms with Crippen molar-refractivity contribution in [3.05, 3.63) is 78.1 Å². The Morgan fingerprint density at radius 2 is 1.69 bits per heavy atom. The summed E-state index contributed by atoms with van der Waals surface area (Å²) < 4.78 is 6.96. The number of aromatic nitrogens is 4. The average Bonchev–Trinajstić information content (AvgIpc) is 3.32. The molecule has 1 aliphatic heterocycles. The zero-order valence-corrected chi connectivity index (χ0v) is 17.9. The minimum atomic E-state index is 0.0819. The average molecular weight is 428 g/mol. The maximum Gasteiger partial charge on any atom is 0.253 e. The first-order valence-electron chi connectivity index (χ1n) is 10.6. The van der Waals surface area contributed by atoms with Crippen molar-refractivity contribution in [3.63, 3.8) is 0 Å². The van der Waals surface area contributed by atoms with Crippen LogP contribution in [0.25, 0.3) is 16.5 Å². The number of benzene rings is 3. The SMILES string of the molecule is COc1ccc(-n2nnnc2CN2CCN(C(=O)c3ccc4ccccc4c3)CC2)cc1. The van der Waals surface area contributed by atoms with Crippen LogP contribution in [0.4, 0.5) is 0 Å². The second-order valence-corrected chi connectivity index (χ2v) is 7.84. The van der Waals surface area contributed by atoms with E-state index in [2.05, 4.69) is 26.5 Å². The van der Waals surface area contributed by atoms with Crippen molar-refractivity contribution >= 4 is 16.7 Å². The summed E-state index contributed by atoms with van der Waals surface area (Å²) in [5.74, 6) is 1.64. The zero-order valence-electron chi connectivity index (χ0n) is 17.9. The summed E-state index contributed by atoms with van der Waals surface area (Å²) in [6, 6.07) is 21.6. The molecular weight excluding hydrogens is 404 g/mol. The quantitative estimate of drug-likeness (QED) is 0.487. The fraction of sp³-hybridized carbons (Fsp3) is 0.250. The maximum absolute atomic E-state index is 13.0. The van der Waals surface area contributed by atoms with Gasteiger partial charge in [0.1, 0.15) is 5.75 Å². The molecule has 0 N–H and O–H groups in total. The molecule has 0 atom stereocenters. The van der Waals surface area contributed by atoms with Gasteiger partial charge in [0, 0.05) is 31.7 Å². The molecular formula is C24H24N6O2. The monoisotopic (exact) mass is 428 g/mol. The molecule has 0 unspecified atom stereocenters. The van der Waals surface area contributed by atoms with Crippen LogP contribution in [-0.4, -0.2) is 69.2 Å². The van der Waals surface area contributed by atoms with Crippen LogP contribution in [-0.2, 0) is 6.54 Å². The number of ether oxygens (including phenoxy) is 1. The Labute approximate surface area is 186 Å². The molecule has 8 nitrogen and oxygen atoms in total. The molecule has 4 aromatic rings. The lowest BCUT2D eigenvalue weighted by Gasteiger charge is -2.34. The van der Waals surface area contributed by atoms with Crippen LogP contribution < -0.4 is 4.74 Å². The number of hydrogen-bond acceptors (Lipinski definition) is 6. The predicted octanol–water partition coefficient (Wildman–Crippen LogP) is 2.78. The number of methoxy groups -OCH3 is 1. The number of fused-ring (bicyclic) bond motifs is 1. The fourth-order valence-corrected chi connectivity index (χ4v) is 4.04. The van der Waals surface area contributed by atoms with Crippen LogP contribution in [0.3, 0.4) is 0 Å². The van der Waals surface area contributed by atoms with Crippen LogP contribution in [0.1, 0.15) is 16.2 Å². The van der Waals surface area contributed by atoms with Gasteiger partial charge in [0.05, 0.1) is 19.3 Å². The summed E-state index contributed by atoms with van der Waals surface area (Å²) in [6.07, 6.45) is 0. The highest BCUT2D eigenvalue weighted by atomic mass is 16.5. The third kappa shape index (κ3) is 4.04. The van der Waals surface area contributed by atoms with Crippen molar-refractivity contribution < 1.29 is 9.53 Å². The van der Waals surface area contributed by atoms with Gasteiger partial charge in [-0.15, -0.1) is 5.10 Å². The molecule has 32 heavy (non-hydrogen) atoms. The summed E-state index contributed by atoms with van der Waals surface area (Å²) in [7, 11) is 1.64. The Morgan fingerprint density at radius 1 is 0.938 bits per heavy atom. The molecule has 1 saturated heterocycles. The Balaban J connectivity index is 1.22.